The highest BCUT2D eigenvalue weighted by atomic mass is 16.4. The molecular weight excluding hydrogens is 304 g/mol. The molecule has 0 bridgehead atoms. The highest BCUT2D eigenvalue weighted by Crippen LogP contribution is 2.28. The Labute approximate surface area is 145 Å². The van der Waals surface area contributed by atoms with E-state index < -0.39 is 12.1 Å². The number of carbonyl (C=O) groups excluding carboxylic acids is 1. The maximum absolute atomic E-state index is 11.9. The zero-order valence-corrected chi connectivity index (χ0v) is 14.6. The minimum absolute atomic E-state index is 0.0339. The van der Waals surface area contributed by atoms with Crippen molar-refractivity contribution < 1.29 is 19.8 Å². The third-order valence-corrected chi connectivity index (χ3v) is 4.29. The molecule has 0 radical (unpaired) electrons. The first-order chi connectivity index (χ1) is 11.5. The lowest BCUT2D eigenvalue weighted by molar-refractivity contribution is -0.137. The van der Waals surface area contributed by atoms with Crippen molar-refractivity contribution in [1.29, 1.82) is 0 Å². The van der Waals surface area contributed by atoms with E-state index in [-0.39, 0.29) is 24.0 Å². The van der Waals surface area contributed by atoms with Crippen LogP contribution in [0.25, 0.3) is 0 Å². The van der Waals surface area contributed by atoms with Crippen molar-refractivity contribution in [2.24, 2.45) is 11.8 Å². The lowest BCUT2D eigenvalue weighted by atomic mass is 9.89. The molecule has 134 valence electrons. The van der Waals surface area contributed by atoms with Crippen molar-refractivity contribution in [3.8, 4) is 0 Å². The highest BCUT2D eigenvalue weighted by molar-refractivity contribution is 5.94. The minimum atomic E-state index is -0.779. The zero-order valence-electron chi connectivity index (χ0n) is 14.6. The van der Waals surface area contributed by atoms with E-state index in [2.05, 4.69) is 6.92 Å². The maximum Gasteiger partial charge on any atom is 0.303 e. The number of carbonyl (C=O) groups is 2. The molecule has 24 heavy (non-hydrogen) atoms. The molecule has 0 amide bonds. The van der Waals surface area contributed by atoms with Gasteiger partial charge < -0.3 is 10.2 Å². The van der Waals surface area contributed by atoms with E-state index in [1.165, 1.54) is 0 Å². The van der Waals surface area contributed by atoms with Crippen LogP contribution in [0.15, 0.2) is 36.5 Å². The monoisotopic (exact) mass is 334 g/mol. The van der Waals surface area contributed by atoms with E-state index in [0.29, 0.717) is 19.3 Å². The van der Waals surface area contributed by atoms with Crippen LogP contribution in [0.3, 0.4) is 0 Å². The molecule has 2 N–H and O–H groups in total. The summed E-state index contributed by atoms with van der Waals surface area (Å²) in [6.45, 7) is 2.15. The second-order valence-corrected chi connectivity index (χ2v) is 6.39. The Bertz CT molecular complexity index is 476. The van der Waals surface area contributed by atoms with Gasteiger partial charge in [-0.3, -0.25) is 9.59 Å². The topological polar surface area (TPSA) is 74.6 Å². The summed E-state index contributed by atoms with van der Waals surface area (Å²) in [5, 5.41) is 18.5. The van der Waals surface area contributed by atoms with Crippen LogP contribution in [0, 0.1) is 11.8 Å². The lowest BCUT2D eigenvalue weighted by Gasteiger charge is -2.15. The van der Waals surface area contributed by atoms with Crippen LogP contribution in [0.1, 0.15) is 58.3 Å². The van der Waals surface area contributed by atoms with Crippen LogP contribution in [-0.4, -0.2) is 28.1 Å². The molecule has 1 aliphatic carbocycles. The van der Waals surface area contributed by atoms with Crippen molar-refractivity contribution in [3.05, 3.63) is 36.5 Å². The Kier molecular flexibility index (Phi) is 10.0. The van der Waals surface area contributed by atoms with Gasteiger partial charge in [0.2, 0.25) is 0 Å². The van der Waals surface area contributed by atoms with Crippen molar-refractivity contribution in [3.63, 3.8) is 0 Å². The van der Waals surface area contributed by atoms with Gasteiger partial charge in [-0.1, -0.05) is 56.6 Å². The Morgan fingerprint density at radius 3 is 2.79 bits per heavy atom. The summed E-state index contributed by atoms with van der Waals surface area (Å²) in [6.07, 6.45) is 16.8. The van der Waals surface area contributed by atoms with Crippen LogP contribution < -0.4 is 0 Å². The standard InChI is InChI=1S/C20H30O4/c1-2-3-6-10-18-16(13-15-19(18)22)12-14-17(21)9-7-4-5-8-11-20(23)24/h4,7,12-18,21H,2-3,5-6,8-11H2,1H3,(H,23,24)/b7-4-,14-12+/t16-,17-,18-/m1/s1. The van der Waals surface area contributed by atoms with Gasteiger partial charge in [-0.15, -0.1) is 0 Å². The molecule has 4 heteroatoms. The van der Waals surface area contributed by atoms with Gasteiger partial charge in [0.1, 0.15) is 0 Å². The Morgan fingerprint density at radius 1 is 1.29 bits per heavy atom. The largest absolute Gasteiger partial charge is 0.481 e. The van der Waals surface area contributed by atoms with Gasteiger partial charge in [0.15, 0.2) is 5.78 Å². The number of carboxylic acids is 1. The van der Waals surface area contributed by atoms with Crippen molar-refractivity contribution in [1.82, 2.24) is 0 Å². The highest BCUT2D eigenvalue weighted by Gasteiger charge is 2.27. The van der Waals surface area contributed by atoms with Crippen molar-refractivity contribution >= 4 is 11.8 Å². The van der Waals surface area contributed by atoms with E-state index >= 15 is 0 Å². The fraction of sp³-hybridized carbons (Fsp3) is 0.600. The number of unbranched alkanes of at least 4 members (excludes halogenated alkanes) is 3. The molecule has 0 aromatic heterocycles. The van der Waals surface area contributed by atoms with Gasteiger partial charge in [-0.05, 0) is 31.8 Å². The second kappa shape index (κ2) is 11.8. The normalized spacial score (nSPS) is 22.0. The number of allylic oxidation sites excluding steroid dienone is 4. The third kappa shape index (κ3) is 8.25. The van der Waals surface area contributed by atoms with E-state index in [1.54, 1.807) is 12.2 Å². The first-order valence-electron chi connectivity index (χ1n) is 8.99. The fourth-order valence-corrected chi connectivity index (χ4v) is 2.86. The number of aliphatic hydroxyl groups is 1. The number of carboxylic acid groups (broad SMARTS) is 1. The molecule has 3 atom stereocenters. The van der Waals surface area contributed by atoms with Crippen LogP contribution in [0.2, 0.25) is 0 Å². The van der Waals surface area contributed by atoms with Gasteiger partial charge in [-0.2, -0.15) is 0 Å². The van der Waals surface area contributed by atoms with Crippen molar-refractivity contribution in [2.45, 2.75) is 64.4 Å². The molecule has 0 aromatic rings. The Balaban J connectivity index is 2.32. The summed E-state index contributed by atoms with van der Waals surface area (Å²) in [6, 6.07) is 0. The quantitative estimate of drug-likeness (QED) is 0.417. The second-order valence-electron chi connectivity index (χ2n) is 6.39. The average molecular weight is 334 g/mol. The summed E-state index contributed by atoms with van der Waals surface area (Å²) < 4.78 is 0. The van der Waals surface area contributed by atoms with Crippen LogP contribution in [-0.2, 0) is 9.59 Å². The number of aliphatic carboxylic acids is 1. The number of hydrogen-bond acceptors (Lipinski definition) is 3. The summed E-state index contributed by atoms with van der Waals surface area (Å²) in [7, 11) is 0. The van der Waals surface area contributed by atoms with Gasteiger partial charge in [-0.25, -0.2) is 0 Å². The molecule has 1 aliphatic rings. The first kappa shape index (κ1) is 20.4. The molecular formula is C20H30O4. The lowest BCUT2D eigenvalue weighted by Crippen LogP contribution is -2.15. The number of ketones is 1. The minimum Gasteiger partial charge on any atom is -0.481 e. The summed E-state index contributed by atoms with van der Waals surface area (Å²) >= 11 is 0. The molecule has 0 fully saturated rings. The van der Waals surface area contributed by atoms with Gasteiger partial charge in [0.25, 0.3) is 0 Å². The molecule has 0 saturated heterocycles. The van der Waals surface area contributed by atoms with E-state index in [0.717, 1.165) is 25.7 Å². The SMILES string of the molecule is CCCCC[C@H]1C(=O)C=C[C@H]1/C=C/[C@H](O)C/C=C\CCCC(=O)O. The predicted molar refractivity (Wildman–Crippen MR) is 95.7 cm³/mol. The summed E-state index contributed by atoms with van der Waals surface area (Å²) in [5.41, 5.74) is 0. The van der Waals surface area contributed by atoms with Gasteiger partial charge in [0, 0.05) is 18.3 Å². The fourth-order valence-electron chi connectivity index (χ4n) is 2.86. The van der Waals surface area contributed by atoms with Crippen LogP contribution in [0.4, 0.5) is 0 Å². The molecule has 0 spiro atoms. The molecule has 0 saturated carbocycles. The summed E-state index contributed by atoms with van der Waals surface area (Å²) in [4.78, 5) is 22.3. The molecule has 1 rings (SSSR count). The van der Waals surface area contributed by atoms with Crippen LogP contribution >= 0.6 is 0 Å². The van der Waals surface area contributed by atoms with Crippen LogP contribution in [0.5, 0.6) is 0 Å². The molecule has 0 aromatic carbocycles. The number of hydrogen-bond donors (Lipinski definition) is 2. The van der Waals surface area contributed by atoms with Crippen molar-refractivity contribution in [2.75, 3.05) is 0 Å². The van der Waals surface area contributed by atoms with Gasteiger partial charge in [0.05, 0.1) is 6.10 Å². The first-order valence-corrected chi connectivity index (χ1v) is 8.99. The smallest absolute Gasteiger partial charge is 0.303 e. The van der Waals surface area contributed by atoms with Gasteiger partial charge >= 0.3 is 5.97 Å². The molecule has 0 aliphatic heterocycles. The molecule has 0 unspecified atom stereocenters. The maximum atomic E-state index is 11.9. The Morgan fingerprint density at radius 2 is 2.08 bits per heavy atom. The predicted octanol–water partition coefficient (Wildman–Crippen LogP) is 4.06. The number of aliphatic hydroxyl groups excluding tert-OH is 1. The van der Waals surface area contributed by atoms with E-state index in [4.69, 9.17) is 5.11 Å². The average Bonchev–Trinajstić information content (AvgIpc) is 2.89. The van der Waals surface area contributed by atoms with E-state index in [9.17, 15) is 14.7 Å². The zero-order chi connectivity index (χ0) is 17.8. The molecule has 0 heterocycles. The summed E-state index contributed by atoms with van der Waals surface area (Å²) in [5.74, 6) is -0.442. The van der Waals surface area contributed by atoms with E-state index in [1.807, 2.05) is 24.3 Å². The number of rotatable bonds is 12. The molecule has 4 nitrogen and oxygen atoms in total. The Hall–Kier alpha value is -1.68. The third-order valence-electron chi connectivity index (χ3n) is 4.29.